The van der Waals surface area contributed by atoms with Gasteiger partial charge in [0, 0.05) is 6.54 Å². The summed E-state index contributed by atoms with van der Waals surface area (Å²) in [4.78, 5) is 12.2. The van der Waals surface area contributed by atoms with Gasteiger partial charge < -0.3 is 14.8 Å². The first-order valence-electron chi connectivity index (χ1n) is 9.89. The van der Waals surface area contributed by atoms with Crippen LogP contribution in [0.25, 0.3) is 0 Å². The molecule has 4 heteroatoms. The van der Waals surface area contributed by atoms with Crippen molar-refractivity contribution in [2.75, 3.05) is 0 Å². The van der Waals surface area contributed by atoms with Crippen molar-refractivity contribution in [2.45, 2.75) is 64.4 Å². The van der Waals surface area contributed by atoms with Gasteiger partial charge in [0.1, 0.15) is 11.9 Å². The lowest BCUT2D eigenvalue weighted by Gasteiger charge is -2.23. The number of carbonyl (C=O) groups excluding carboxylic acids is 1. The maximum absolute atomic E-state index is 12.2. The van der Waals surface area contributed by atoms with Crippen LogP contribution in [0.15, 0.2) is 54.6 Å². The van der Waals surface area contributed by atoms with Crippen molar-refractivity contribution in [1.29, 1.82) is 0 Å². The van der Waals surface area contributed by atoms with E-state index in [4.69, 9.17) is 9.47 Å². The molecule has 0 saturated heterocycles. The van der Waals surface area contributed by atoms with Gasteiger partial charge in [0.2, 0.25) is 5.91 Å². The first-order chi connectivity index (χ1) is 13.2. The van der Waals surface area contributed by atoms with Crippen LogP contribution in [0.5, 0.6) is 5.75 Å². The normalized spacial score (nSPS) is 15.9. The molecular weight excluding hydrogens is 338 g/mol. The summed E-state index contributed by atoms with van der Waals surface area (Å²) in [7, 11) is 0. The van der Waals surface area contributed by atoms with Gasteiger partial charge in [0.15, 0.2) is 0 Å². The highest BCUT2D eigenvalue weighted by Crippen LogP contribution is 2.23. The topological polar surface area (TPSA) is 47.6 Å². The Morgan fingerprint density at radius 2 is 1.70 bits per heavy atom. The summed E-state index contributed by atoms with van der Waals surface area (Å²) in [5.41, 5.74) is 2.11. The van der Waals surface area contributed by atoms with E-state index in [1.54, 1.807) is 6.92 Å². The molecule has 0 radical (unpaired) electrons. The van der Waals surface area contributed by atoms with Crippen molar-refractivity contribution in [3.8, 4) is 5.75 Å². The fourth-order valence-corrected chi connectivity index (χ4v) is 3.27. The zero-order valence-corrected chi connectivity index (χ0v) is 16.0. The molecule has 0 aromatic heterocycles. The molecular formula is C23H29NO3. The molecule has 3 rings (SSSR count). The molecule has 2 aromatic carbocycles. The van der Waals surface area contributed by atoms with Gasteiger partial charge in [0.25, 0.3) is 0 Å². The Bertz CT molecular complexity index is 693. The van der Waals surface area contributed by atoms with Gasteiger partial charge in [-0.2, -0.15) is 0 Å². The van der Waals surface area contributed by atoms with E-state index in [1.807, 2.05) is 54.6 Å². The maximum Gasteiger partial charge on any atom is 0.249 e. The first kappa shape index (κ1) is 19.4. The molecule has 1 amide bonds. The Kier molecular flexibility index (Phi) is 7.28. The Morgan fingerprint density at radius 1 is 1.00 bits per heavy atom. The Labute approximate surface area is 161 Å². The van der Waals surface area contributed by atoms with Crippen LogP contribution in [0.2, 0.25) is 0 Å². The summed E-state index contributed by atoms with van der Waals surface area (Å²) in [6.07, 6.45) is 6.02. The lowest BCUT2D eigenvalue weighted by Crippen LogP contribution is -2.34. The number of carbonyl (C=O) groups is 1. The van der Waals surface area contributed by atoms with E-state index in [-0.39, 0.29) is 5.91 Å². The molecule has 1 unspecified atom stereocenters. The van der Waals surface area contributed by atoms with E-state index >= 15 is 0 Å². The van der Waals surface area contributed by atoms with Crippen molar-refractivity contribution >= 4 is 5.91 Å². The number of amides is 1. The highest BCUT2D eigenvalue weighted by molar-refractivity contribution is 5.80. The molecule has 1 N–H and O–H groups in total. The molecule has 1 aliphatic rings. The molecule has 27 heavy (non-hydrogen) atoms. The van der Waals surface area contributed by atoms with Crippen LogP contribution in [0.3, 0.4) is 0 Å². The summed E-state index contributed by atoms with van der Waals surface area (Å²) in [5, 5.41) is 2.93. The van der Waals surface area contributed by atoms with Crippen LogP contribution in [-0.4, -0.2) is 18.1 Å². The fourth-order valence-electron chi connectivity index (χ4n) is 3.27. The number of hydrogen-bond acceptors (Lipinski definition) is 3. The monoisotopic (exact) mass is 367 g/mol. The third kappa shape index (κ3) is 6.40. The predicted octanol–water partition coefficient (Wildman–Crippen LogP) is 4.62. The maximum atomic E-state index is 12.2. The quantitative estimate of drug-likeness (QED) is 0.741. The summed E-state index contributed by atoms with van der Waals surface area (Å²) >= 11 is 0. The van der Waals surface area contributed by atoms with Gasteiger partial charge in [-0.05, 0) is 55.9 Å². The van der Waals surface area contributed by atoms with Crippen molar-refractivity contribution in [3.05, 3.63) is 65.7 Å². The summed E-state index contributed by atoms with van der Waals surface area (Å²) in [6, 6.07) is 17.9. The molecule has 144 valence electrons. The second-order valence-corrected chi connectivity index (χ2v) is 7.18. The Balaban J connectivity index is 1.40. The lowest BCUT2D eigenvalue weighted by atomic mass is 9.98. The molecule has 4 nitrogen and oxygen atoms in total. The van der Waals surface area contributed by atoms with Crippen molar-refractivity contribution < 1.29 is 14.3 Å². The molecule has 0 spiro atoms. The van der Waals surface area contributed by atoms with Crippen LogP contribution in [0.1, 0.15) is 50.2 Å². The summed E-state index contributed by atoms with van der Waals surface area (Å²) < 4.78 is 11.7. The number of benzene rings is 2. The van der Waals surface area contributed by atoms with E-state index < -0.39 is 6.10 Å². The fraction of sp³-hybridized carbons (Fsp3) is 0.435. The molecule has 1 saturated carbocycles. The van der Waals surface area contributed by atoms with Crippen molar-refractivity contribution in [3.63, 3.8) is 0 Å². The number of nitrogens with one attached hydrogen (secondary N) is 1. The van der Waals surface area contributed by atoms with Gasteiger partial charge in [0.05, 0.1) is 12.7 Å². The summed E-state index contributed by atoms with van der Waals surface area (Å²) in [5.74, 6) is 0.810. The SMILES string of the molecule is CC(OCc1ccccc1)C(=O)NCc1ccc(OC2CCCCC2)cc1. The van der Waals surface area contributed by atoms with Crippen LogP contribution < -0.4 is 10.1 Å². The third-order valence-corrected chi connectivity index (χ3v) is 4.96. The largest absolute Gasteiger partial charge is 0.490 e. The lowest BCUT2D eigenvalue weighted by molar-refractivity contribution is -0.132. The van der Waals surface area contributed by atoms with E-state index in [1.165, 1.54) is 19.3 Å². The number of ether oxygens (including phenoxy) is 2. The second-order valence-electron chi connectivity index (χ2n) is 7.18. The van der Waals surface area contributed by atoms with Gasteiger partial charge in [-0.15, -0.1) is 0 Å². The minimum absolute atomic E-state index is 0.103. The van der Waals surface area contributed by atoms with Crippen LogP contribution in [0.4, 0.5) is 0 Å². The molecule has 2 aromatic rings. The smallest absolute Gasteiger partial charge is 0.249 e. The average molecular weight is 367 g/mol. The van der Waals surface area contributed by atoms with Gasteiger partial charge >= 0.3 is 0 Å². The molecule has 0 bridgehead atoms. The second kappa shape index (κ2) is 10.1. The zero-order valence-electron chi connectivity index (χ0n) is 16.0. The van der Waals surface area contributed by atoms with Crippen LogP contribution in [0, 0.1) is 0 Å². The zero-order chi connectivity index (χ0) is 18.9. The van der Waals surface area contributed by atoms with Crippen LogP contribution >= 0.6 is 0 Å². The molecule has 0 aliphatic heterocycles. The number of hydrogen-bond donors (Lipinski definition) is 1. The van der Waals surface area contributed by atoms with Gasteiger partial charge in [-0.1, -0.05) is 48.9 Å². The minimum Gasteiger partial charge on any atom is -0.490 e. The van der Waals surface area contributed by atoms with Crippen molar-refractivity contribution in [2.24, 2.45) is 0 Å². The van der Waals surface area contributed by atoms with Crippen molar-refractivity contribution in [1.82, 2.24) is 5.32 Å². The first-order valence-corrected chi connectivity index (χ1v) is 9.89. The molecule has 1 aliphatic carbocycles. The molecule has 1 atom stereocenters. The molecule has 1 fully saturated rings. The number of rotatable bonds is 8. The molecule has 0 heterocycles. The highest BCUT2D eigenvalue weighted by Gasteiger charge is 2.15. The van der Waals surface area contributed by atoms with Crippen LogP contribution in [-0.2, 0) is 22.7 Å². The average Bonchev–Trinajstić information content (AvgIpc) is 2.73. The summed E-state index contributed by atoms with van der Waals surface area (Å²) in [6.45, 7) is 2.70. The van der Waals surface area contributed by atoms with Gasteiger partial charge in [-0.3, -0.25) is 4.79 Å². The van der Waals surface area contributed by atoms with E-state index in [0.717, 1.165) is 29.7 Å². The standard InChI is InChI=1S/C23H29NO3/c1-18(26-17-20-8-4-2-5-9-20)23(25)24-16-19-12-14-22(15-13-19)27-21-10-6-3-7-11-21/h2,4-5,8-9,12-15,18,21H,3,6-7,10-11,16-17H2,1H3,(H,24,25). The Hall–Kier alpha value is -2.33. The van der Waals surface area contributed by atoms with E-state index in [2.05, 4.69) is 5.32 Å². The minimum atomic E-state index is -0.487. The highest BCUT2D eigenvalue weighted by atomic mass is 16.5. The third-order valence-electron chi connectivity index (χ3n) is 4.96. The predicted molar refractivity (Wildman–Crippen MR) is 106 cm³/mol. The van der Waals surface area contributed by atoms with Gasteiger partial charge in [-0.25, -0.2) is 0 Å². The van der Waals surface area contributed by atoms with E-state index in [0.29, 0.717) is 19.3 Å². The van der Waals surface area contributed by atoms with E-state index in [9.17, 15) is 4.79 Å². The Morgan fingerprint density at radius 3 is 2.41 bits per heavy atom.